The minimum Gasteiger partial charge on any atom is -0.388 e. The van der Waals surface area contributed by atoms with E-state index in [2.05, 4.69) is 33.5 Å². The maximum atomic E-state index is 5.47. The minimum atomic E-state index is 0.251. The highest BCUT2D eigenvalue weighted by molar-refractivity contribution is 7.80. The summed E-state index contributed by atoms with van der Waals surface area (Å²) in [5.74, 6) is 0.670. The van der Waals surface area contributed by atoms with Crippen molar-refractivity contribution in [2.24, 2.45) is 5.73 Å². The molecule has 0 atom stereocenters. The van der Waals surface area contributed by atoms with Gasteiger partial charge in [0.1, 0.15) is 16.5 Å². The maximum Gasteiger partial charge on any atom is 0.148 e. The number of nitrogens with zero attached hydrogens (tertiary/aromatic N) is 2. The van der Waals surface area contributed by atoms with Crippen LogP contribution in [-0.2, 0) is 0 Å². The van der Waals surface area contributed by atoms with Crippen LogP contribution in [0.25, 0.3) is 0 Å². The van der Waals surface area contributed by atoms with Crippen molar-refractivity contribution < 1.29 is 0 Å². The molecule has 0 unspecified atom stereocenters. The molecule has 92 valence electrons. The lowest BCUT2D eigenvalue weighted by Gasteiger charge is -2.09. The van der Waals surface area contributed by atoms with Gasteiger partial charge in [0, 0.05) is 5.69 Å². The smallest absolute Gasteiger partial charge is 0.148 e. The lowest BCUT2D eigenvalue weighted by molar-refractivity contribution is 1.17. The Labute approximate surface area is 111 Å². The van der Waals surface area contributed by atoms with Crippen LogP contribution in [0, 0.1) is 13.8 Å². The molecule has 0 aliphatic rings. The van der Waals surface area contributed by atoms with Crippen LogP contribution in [0.4, 0.5) is 11.5 Å². The number of anilines is 2. The van der Waals surface area contributed by atoms with E-state index in [9.17, 15) is 0 Å². The fraction of sp³-hybridized carbons (Fsp3) is 0.154. The first-order chi connectivity index (χ1) is 8.56. The molecule has 1 aromatic heterocycles. The molecule has 4 nitrogen and oxygen atoms in total. The first-order valence-electron chi connectivity index (χ1n) is 5.52. The fourth-order valence-electron chi connectivity index (χ4n) is 1.53. The zero-order valence-corrected chi connectivity index (χ0v) is 11.1. The molecule has 1 aromatic carbocycles. The molecule has 5 heteroatoms. The van der Waals surface area contributed by atoms with Gasteiger partial charge in [-0.25, -0.2) is 9.97 Å². The Morgan fingerprint density at radius 3 is 2.61 bits per heavy atom. The van der Waals surface area contributed by atoms with Crippen LogP contribution >= 0.6 is 12.2 Å². The van der Waals surface area contributed by atoms with Crippen molar-refractivity contribution in [1.29, 1.82) is 0 Å². The number of thiocarbonyl (C=S) groups is 1. The van der Waals surface area contributed by atoms with Crippen molar-refractivity contribution in [1.82, 2.24) is 9.97 Å². The lowest BCUT2D eigenvalue weighted by Crippen LogP contribution is -2.12. The third-order valence-corrected chi connectivity index (χ3v) is 2.77. The molecule has 18 heavy (non-hydrogen) atoms. The summed E-state index contributed by atoms with van der Waals surface area (Å²) >= 11 is 4.83. The van der Waals surface area contributed by atoms with E-state index in [-0.39, 0.29) is 4.99 Å². The standard InChI is InChI=1S/C13H14N4S/c1-8-3-4-9(2)10(5-8)17-12-7-15-11(6-16-12)13(14)18/h3-7H,1-2H3,(H2,14,18)(H,16,17). The largest absolute Gasteiger partial charge is 0.388 e. The van der Waals surface area contributed by atoms with Gasteiger partial charge in [-0.3, -0.25) is 0 Å². The summed E-state index contributed by atoms with van der Waals surface area (Å²) < 4.78 is 0. The summed E-state index contributed by atoms with van der Waals surface area (Å²) in [6.45, 7) is 4.09. The maximum absolute atomic E-state index is 5.47. The molecule has 0 amide bonds. The molecule has 0 saturated carbocycles. The number of hydrogen-bond acceptors (Lipinski definition) is 4. The van der Waals surface area contributed by atoms with Crippen LogP contribution in [0.2, 0.25) is 0 Å². The Balaban J connectivity index is 2.23. The van der Waals surface area contributed by atoms with Crippen molar-refractivity contribution in [3.05, 3.63) is 47.4 Å². The molecule has 0 fully saturated rings. The Kier molecular flexibility index (Phi) is 3.53. The Hall–Kier alpha value is -2.01. The van der Waals surface area contributed by atoms with E-state index in [4.69, 9.17) is 18.0 Å². The molecular formula is C13H14N4S. The van der Waals surface area contributed by atoms with Crippen molar-refractivity contribution in [3.8, 4) is 0 Å². The summed E-state index contributed by atoms with van der Waals surface area (Å²) in [6.07, 6.45) is 3.19. The molecule has 1 heterocycles. The first-order valence-corrected chi connectivity index (χ1v) is 5.93. The number of hydrogen-bond donors (Lipinski definition) is 2. The van der Waals surface area contributed by atoms with Gasteiger partial charge < -0.3 is 11.1 Å². The van der Waals surface area contributed by atoms with Crippen LogP contribution in [0.3, 0.4) is 0 Å². The molecule has 0 spiro atoms. The van der Waals surface area contributed by atoms with Crippen LogP contribution in [0.15, 0.2) is 30.6 Å². The molecule has 0 aliphatic heterocycles. The van der Waals surface area contributed by atoms with E-state index < -0.39 is 0 Å². The Morgan fingerprint density at radius 2 is 2.00 bits per heavy atom. The average molecular weight is 258 g/mol. The van der Waals surface area contributed by atoms with E-state index in [1.807, 2.05) is 13.8 Å². The van der Waals surface area contributed by atoms with E-state index in [0.717, 1.165) is 11.3 Å². The number of aromatic nitrogens is 2. The zero-order valence-electron chi connectivity index (χ0n) is 10.3. The zero-order chi connectivity index (χ0) is 13.1. The molecule has 2 rings (SSSR count). The van der Waals surface area contributed by atoms with E-state index >= 15 is 0 Å². The van der Waals surface area contributed by atoms with Gasteiger partial charge in [0.2, 0.25) is 0 Å². The summed E-state index contributed by atoms with van der Waals surface area (Å²) in [7, 11) is 0. The predicted molar refractivity (Wildman–Crippen MR) is 77.1 cm³/mol. The normalized spacial score (nSPS) is 10.1. The Morgan fingerprint density at radius 1 is 1.22 bits per heavy atom. The predicted octanol–water partition coefficient (Wildman–Crippen LogP) is 2.47. The number of rotatable bonds is 3. The van der Waals surface area contributed by atoms with Gasteiger partial charge in [-0.15, -0.1) is 0 Å². The first kappa shape index (κ1) is 12.4. The highest BCUT2D eigenvalue weighted by Gasteiger charge is 2.02. The second kappa shape index (κ2) is 5.10. The second-order valence-corrected chi connectivity index (χ2v) is 4.53. The van der Waals surface area contributed by atoms with Gasteiger partial charge in [-0.1, -0.05) is 24.4 Å². The van der Waals surface area contributed by atoms with E-state index in [0.29, 0.717) is 11.5 Å². The summed E-state index contributed by atoms with van der Waals surface area (Å²) in [5.41, 5.74) is 9.36. The number of nitrogens with one attached hydrogen (secondary N) is 1. The SMILES string of the molecule is Cc1ccc(C)c(Nc2cnc(C(N)=S)cn2)c1. The molecule has 3 N–H and O–H groups in total. The highest BCUT2D eigenvalue weighted by atomic mass is 32.1. The molecule has 2 aromatic rings. The van der Waals surface area contributed by atoms with Crippen molar-refractivity contribution in [2.45, 2.75) is 13.8 Å². The number of nitrogens with two attached hydrogens (primary N) is 1. The Bertz CT molecular complexity index is 578. The van der Waals surface area contributed by atoms with Crippen LogP contribution in [-0.4, -0.2) is 15.0 Å². The summed E-state index contributed by atoms with van der Waals surface area (Å²) in [4.78, 5) is 8.61. The summed E-state index contributed by atoms with van der Waals surface area (Å²) in [5, 5.41) is 3.22. The van der Waals surface area contributed by atoms with Gasteiger partial charge >= 0.3 is 0 Å². The molecule has 0 bridgehead atoms. The van der Waals surface area contributed by atoms with Crippen LogP contribution in [0.1, 0.15) is 16.8 Å². The highest BCUT2D eigenvalue weighted by Crippen LogP contribution is 2.19. The quantitative estimate of drug-likeness (QED) is 0.828. The number of benzene rings is 1. The fourth-order valence-corrected chi connectivity index (χ4v) is 1.63. The van der Waals surface area contributed by atoms with Gasteiger partial charge in [-0.05, 0) is 31.0 Å². The average Bonchev–Trinajstić information content (AvgIpc) is 2.34. The molecule has 0 aliphatic carbocycles. The van der Waals surface area contributed by atoms with E-state index in [1.165, 1.54) is 5.56 Å². The van der Waals surface area contributed by atoms with Gasteiger partial charge in [0.05, 0.1) is 12.4 Å². The van der Waals surface area contributed by atoms with E-state index in [1.54, 1.807) is 12.4 Å². The molecule has 0 saturated heterocycles. The van der Waals surface area contributed by atoms with Gasteiger partial charge in [-0.2, -0.15) is 0 Å². The third-order valence-electron chi connectivity index (χ3n) is 2.56. The van der Waals surface area contributed by atoms with Gasteiger partial charge in [0.25, 0.3) is 0 Å². The van der Waals surface area contributed by atoms with Crippen molar-refractivity contribution in [2.75, 3.05) is 5.32 Å². The van der Waals surface area contributed by atoms with Crippen molar-refractivity contribution in [3.63, 3.8) is 0 Å². The minimum absolute atomic E-state index is 0.251. The monoisotopic (exact) mass is 258 g/mol. The summed E-state index contributed by atoms with van der Waals surface area (Å²) in [6, 6.07) is 6.20. The van der Waals surface area contributed by atoms with Crippen LogP contribution in [0.5, 0.6) is 0 Å². The van der Waals surface area contributed by atoms with Gasteiger partial charge in [0.15, 0.2) is 0 Å². The van der Waals surface area contributed by atoms with Crippen LogP contribution < -0.4 is 11.1 Å². The third kappa shape index (κ3) is 2.81. The molecule has 0 radical (unpaired) electrons. The van der Waals surface area contributed by atoms with Crippen molar-refractivity contribution >= 4 is 28.7 Å². The second-order valence-electron chi connectivity index (χ2n) is 4.09. The number of aryl methyl sites for hydroxylation is 2. The lowest BCUT2D eigenvalue weighted by atomic mass is 10.1. The topological polar surface area (TPSA) is 63.8 Å². The molecular weight excluding hydrogens is 244 g/mol.